The first-order chi connectivity index (χ1) is 14.4. The number of hydrogen-bond donors (Lipinski definition) is 2. The molecule has 5 nitrogen and oxygen atoms in total. The van der Waals surface area contributed by atoms with E-state index in [0.29, 0.717) is 10.7 Å². The molecule has 1 heterocycles. The predicted molar refractivity (Wildman–Crippen MR) is 121 cm³/mol. The van der Waals surface area contributed by atoms with Gasteiger partial charge < -0.3 is 5.32 Å². The topological polar surface area (TPSA) is 71.1 Å². The van der Waals surface area contributed by atoms with Crippen molar-refractivity contribution in [1.29, 1.82) is 0 Å². The van der Waals surface area contributed by atoms with Crippen molar-refractivity contribution in [2.45, 2.75) is 46.0 Å². The number of fused-ring (bicyclic) bond motifs is 1. The number of nitrogens with one attached hydrogen (secondary N) is 2. The van der Waals surface area contributed by atoms with E-state index in [4.69, 9.17) is 0 Å². The number of aryl methyl sites for hydroxylation is 4. The highest BCUT2D eigenvalue weighted by Crippen LogP contribution is 2.37. The second kappa shape index (κ2) is 8.40. The molecule has 1 aromatic heterocycles. The van der Waals surface area contributed by atoms with Crippen molar-refractivity contribution in [3.63, 3.8) is 0 Å². The van der Waals surface area contributed by atoms with Crippen LogP contribution in [-0.2, 0) is 11.2 Å². The van der Waals surface area contributed by atoms with Gasteiger partial charge in [-0.1, -0.05) is 29.8 Å². The molecule has 2 amide bonds. The van der Waals surface area contributed by atoms with Crippen molar-refractivity contribution in [3.05, 3.63) is 75.3 Å². The Balaban J connectivity index is 1.52. The molecule has 6 heteroatoms. The summed E-state index contributed by atoms with van der Waals surface area (Å²) >= 11 is 1.47. The van der Waals surface area contributed by atoms with Gasteiger partial charge in [0.25, 0.3) is 5.91 Å². The van der Waals surface area contributed by atoms with Crippen LogP contribution < -0.4 is 10.6 Å². The van der Waals surface area contributed by atoms with Gasteiger partial charge in [0.2, 0.25) is 5.91 Å². The van der Waals surface area contributed by atoms with Crippen LogP contribution in [0.2, 0.25) is 0 Å². The molecule has 1 atom stereocenters. The zero-order valence-electron chi connectivity index (χ0n) is 17.4. The number of amides is 2. The lowest BCUT2D eigenvalue weighted by Crippen LogP contribution is -2.25. The Hall–Kier alpha value is -2.99. The normalized spacial score (nSPS) is 15.4. The van der Waals surface area contributed by atoms with Gasteiger partial charge in [0.05, 0.1) is 11.6 Å². The summed E-state index contributed by atoms with van der Waals surface area (Å²) in [6.07, 6.45) is 2.59. The van der Waals surface area contributed by atoms with Crippen LogP contribution in [0.15, 0.2) is 42.5 Å². The van der Waals surface area contributed by atoms with Crippen LogP contribution in [0, 0.1) is 20.8 Å². The third-order valence-electron chi connectivity index (χ3n) is 5.46. The lowest BCUT2D eigenvalue weighted by atomic mass is 9.90. The third-order valence-corrected chi connectivity index (χ3v) is 6.50. The summed E-state index contributed by atoms with van der Waals surface area (Å²) < 4.78 is 0. The maximum Gasteiger partial charge on any atom is 0.257 e. The van der Waals surface area contributed by atoms with Gasteiger partial charge in [-0.2, -0.15) is 0 Å². The Labute approximate surface area is 180 Å². The Kier molecular flexibility index (Phi) is 5.68. The Bertz CT molecular complexity index is 1100. The van der Waals surface area contributed by atoms with E-state index in [1.54, 1.807) is 12.1 Å². The van der Waals surface area contributed by atoms with Crippen LogP contribution in [-0.4, -0.2) is 16.8 Å². The molecule has 1 aliphatic rings. The molecule has 0 fully saturated rings. The summed E-state index contributed by atoms with van der Waals surface area (Å²) in [5.74, 6) is -0.515. The van der Waals surface area contributed by atoms with Gasteiger partial charge in [0.15, 0.2) is 5.13 Å². The summed E-state index contributed by atoms with van der Waals surface area (Å²) in [4.78, 5) is 31.3. The quantitative estimate of drug-likeness (QED) is 0.596. The van der Waals surface area contributed by atoms with Crippen molar-refractivity contribution in [2.75, 3.05) is 10.6 Å². The van der Waals surface area contributed by atoms with Crippen LogP contribution in [0.3, 0.4) is 0 Å². The number of hydrogen-bond acceptors (Lipinski definition) is 4. The first kappa shape index (κ1) is 20.3. The second-order valence-electron chi connectivity index (χ2n) is 7.90. The van der Waals surface area contributed by atoms with Crippen molar-refractivity contribution in [2.24, 2.45) is 0 Å². The highest BCUT2D eigenvalue weighted by Gasteiger charge is 2.31. The molecule has 2 aromatic carbocycles. The van der Waals surface area contributed by atoms with Gasteiger partial charge in [-0.05, 0) is 69.4 Å². The number of thiazole rings is 1. The second-order valence-corrected chi connectivity index (χ2v) is 8.98. The number of benzene rings is 2. The van der Waals surface area contributed by atoms with Crippen molar-refractivity contribution in [3.8, 4) is 0 Å². The van der Waals surface area contributed by atoms with Gasteiger partial charge in [-0.3, -0.25) is 14.9 Å². The molecular formula is C24H25N3O2S. The van der Waals surface area contributed by atoms with Crippen molar-refractivity contribution >= 4 is 34.0 Å². The molecule has 0 radical (unpaired) electrons. The van der Waals surface area contributed by atoms with E-state index >= 15 is 0 Å². The zero-order valence-corrected chi connectivity index (χ0v) is 18.2. The highest BCUT2D eigenvalue weighted by atomic mass is 32.1. The largest absolute Gasteiger partial charge is 0.325 e. The van der Waals surface area contributed by atoms with E-state index in [9.17, 15) is 9.59 Å². The SMILES string of the molecule is Cc1ccc(C(=O)Nc2nc3c(s2)CCCC3C(=O)Nc2cc(C)ccc2C)cc1. The first-order valence-corrected chi connectivity index (χ1v) is 11.0. The average Bonchev–Trinajstić information content (AvgIpc) is 3.13. The van der Waals surface area contributed by atoms with E-state index in [0.717, 1.165) is 52.2 Å². The van der Waals surface area contributed by atoms with Gasteiger partial charge in [-0.25, -0.2) is 4.98 Å². The van der Waals surface area contributed by atoms with Crippen LogP contribution in [0.1, 0.15) is 56.4 Å². The number of aromatic nitrogens is 1. The number of rotatable bonds is 4. The zero-order chi connectivity index (χ0) is 21.3. The Morgan fingerprint density at radius 1 is 1.00 bits per heavy atom. The van der Waals surface area contributed by atoms with Gasteiger partial charge >= 0.3 is 0 Å². The third kappa shape index (κ3) is 4.28. The summed E-state index contributed by atoms with van der Waals surface area (Å²) in [6.45, 7) is 5.99. The lowest BCUT2D eigenvalue weighted by molar-refractivity contribution is -0.117. The number of carbonyl (C=O) groups excluding carboxylic acids is 2. The molecule has 30 heavy (non-hydrogen) atoms. The number of nitrogens with zero attached hydrogens (tertiary/aromatic N) is 1. The average molecular weight is 420 g/mol. The molecule has 154 valence electrons. The minimum absolute atomic E-state index is 0.0358. The molecule has 0 bridgehead atoms. The minimum atomic E-state index is -0.296. The van der Waals surface area contributed by atoms with E-state index in [1.807, 2.05) is 51.1 Å². The number of anilines is 2. The van der Waals surface area contributed by atoms with Crippen LogP contribution in [0.4, 0.5) is 10.8 Å². The molecule has 4 rings (SSSR count). The summed E-state index contributed by atoms with van der Waals surface area (Å²) in [5, 5.41) is 6.53. The molecule has 1 aliphatic carbocycles. The smallest absolute Gasteiger partial charge is 0.257 e. The van der Waals surface area contributed by atoms with Gasteiger partial charge in [-0.15, -0.1) is 11.3 Å². The van der Waals surface area contributed by atoms with E-state index in [-0.39, 0.29) is 17.7 Å². The maximum absolute atomic E-state index is 13.0. The van der Waals surface area contributed by atoms with E-state index in [1.165, 1.54) is 11.3 Å². The summed E-state index contributed by atoms with van der Waals surface area (Å²) in [6, 6.07) is 13.5. The van der Waals surface area contributed by atoms with E-state index < -0.39 is 0 Å². The Morgan fingerprint density at radius 3 is 2.50 bits per heavy atom. The Morgan fingerprint density at radius 2 is 1.73 bits per heavy atom. The molecule has 0 aliphatic heterocycles. The van der Waals surface area contributed by atoms with Crippen LogP contribution >= 0.6 is 11.3 Å². The van der Waals surface area contributed by atoms with Crippen molar-refractivity contribution in [1.82, 2.24) is 4.98 Å². The monoisotopic (exact) mass is 419 g/mol. The minimum Gasteiger partial charge on any atom is -0.325 e. The molecular weight excluding hydrogens is 394 g/mol. The molecule has 0 saturated carbocycles. The predicted octanol–water partition coefficient (Wildman–Crippen LogP) is 5.38. The molecule has 0 spiro atoms. The fraction of sp³-hybridized carbons (Fsp3) is 0.292. The fourth-order valence-electron chi connectivity index (χ4n) is 3.69. The van der Waals surface area contributed by atoms with Gasteiger partial charge in [0, 0.05) is 16.1 Å². The lowest BCUT2D eigenvalue weighted by Gasteiger charge is -2.21. The van der Waals surface area contributed by atoms with Crippen molar-refractivity contribution < 1.29 is 9.59 Å². The first-order valence-electron chi connectivity index (χ1n) is 10.2. The van der Waals surface area contributed by atoms with Crippen LogP contribution in [0.25, 0.3) is 0 Å². The molecule has 0 saturated heterocycles. The standard InChI is InChI=1S/C24H25N3O2S/c1-14-8-11-17(12-9-14)22(28)27-24-26-21-18(5-4-6-20(21)30-24)23(29)25-19-13-15(2)7-10-16(19)3/h7-13,18H,4-6H2,1-3H3,(H,25,29)(H,26,27,28). The molecule has 3 aromatic rings. The highest BCUT2D eigenvalue weighted by molar-refractivity contribution is 7.16. The number of carbonyl (C=O) groups is 2. The van der Waals surface area contributed by atoms with Gasteiger partial charge in [0.1, 0.15) is 0 Å². The maximum atomic E-state index is 13.0. The molecule has 2 N–H and O–H groups in total. The molecule has 1 unspecified atom stereocenters. The summed E-state index contributed by atoms with van der Waals surface area (Å²) in [5.41, 5.74) is 5.49. The summed E-state index contributed by atoms with van der Waals surface area (Å²) in [7, 11) is 0. The fourth-order valence-corrected chi connectivity index (χ4v) is 4.75. The van der Waals surface area contributed by atoms with E-state index in [2.05, 4.69) is 15.6 Å². The van der Waals surface area contributed by atoms with Crippen LogP contribution in [0.5, 0.6) is 0 Å².